The second-order valence-corrected chi connectivity index (χ2v) is 10.1. The van der Waals surface area contributed by atoms with Crippen LogP contribution < -0.4 is 14.2 Å². The van der Waals surface area contributed by atoms with Gasteiger partial charge < -0.3 is 28.8 Å². The summed E-state index contributed by atoms with van der Waals surface area (Å²) in [5.41, 5.74) is -0.870. The molecule has 2 unspecified atom stereocenters. The summed E-state index contributed by atoms with van der Waals surface area (Å²) in [6.07, 6.45) is 0.0832. The minimum atomic E-state index is -1.54. The van der Waals surface area contributed by atoms with Gasteiger partial charge >= 0.3 is 5.97 Å². The molecule has 196 valence electrons. The standard InChI is InChI=1S/C28H29ClO8/c1-15-12-19(31)18-14-27(10-11-35-16(2)30,17-8-6-5-7-9-17)37-26(18)28(15)25(32)22-20(33-3)13-21(34-4)23(29)24(22)36-28/h5-9,13,15,19,31H,10-12,14H2,1-4H3/t15-,19?,27?,28-/m1/s1. The number of carbonyl (C=O) groups is 2. The van der Waals surface area contributed by atoms with E-state index >= 15 is 0 Å². The Morgan fingerprint density at radius 3 is 2.51 bits per heavy atom. The SMILES string of the molecule is COc1cc(OC)c2c(c1Cl)O[C@]1(C2=O)C2=C(CC(CCOC(C)=O)(c3ccccc3)O2)C(O)C[C@H]1C. The molecule has 8 nitrogen and oxygen atoms in total. The highest BCUT2D eigenvalue weighted by Gasteiger charge is 2.65. The molecule has 2 heterocycles. The maximum absolute atomic E-state index is 14.2. The van der Waals surface area contributed by atoms with Gasteiger partial charge in [0, 0.05) is 37.3 Å². The predicted octanol–water partition coefficient (Wildman–Crippen LogP) is 4.59. The molecule has 1 N–H and O–H groups in total. The second kappa shape index (κ2) is 9.26. The summed E-state index contributed by atoms with van der Waals surface area (Å²) in [7, 11) is 2.93. The number of aliphatic hydroxyl groups excluding tert-OH is 1. The molecule has 2 aromatic carbocycles. The van der Waals surface area contributed by atoms with Gasteiger partial charge in [0.1, 0.15) is 27.7 Å². The molecule has 9 heteroatoms. The van der Waals surface area contributed by atoms with Gasteiger partial charge in [0.2, 0.25) is 11.4 Å². The maximum Gasteiger partial charge on any atom is 0.302 e. The van der Waals surface area contributed by atoms with E-state index in [-0.39, 0.29) is 46.7 Å². The van der Waals surface area contributed by atoms with Crippen LogP contribution in [-0.2, 0) is 19.9 Å². The first-order valence-corrected chi connectivity index (χ1v) is 12.5. The molecule has 5 rings (SSSR count). The van der Waals surface area contributed by atoms with Gasteiger partial charge in [0.15, 0.2) is 11.5 Å². The average Bonchev–Trinajstić information content (AvgIpc) is 3.43. The third-order valence-electron chi connectivity index (χ3n) is 7.61. The zero-order valence-corrected chi connectivity index (χ0v) is 21.9. The van der Waals surface area contributed by atoms with E-state index in [1.165, 1.54) is 21.1 Å². The quantitative estimate of drug-likeness (QED) is 0.543. The normalized spacial score (nSPS) is 27.9. The fraction of sp³-hybridized carbons (Fsp3) is 0.429. The van der Waals surface area contributed by atoms with Crippen molar-refractivity contribution in [1.29, 1.82) is 0 Å². The van der Waals surface area contributed by atoms with Gasteiger partial charge in [-0.05, 0) is 12.0 Å². The van der Waals surface area contributed by atoms with Gasteiger partial charge in [-0.1, -0.05) is 48.9 Å². The van der Waals surface area contributed by atoms with Crippen molar-refractivity contribution >= 4 is 23.4 Å². The molecule has 0 saturated carbocycles. The van der Waals surface area contributed by atoms with E-state index < -0.39 is 29.2 Å². The fourth-order valence-electron chi connectivity index (χ4n) is 5.76. The van der Waals surface area contributed by atoms with Crippen LogP contribution in [0.3, 0.4) is 0 Å². The van der Waals surface area contributed by atoms with Crippen LogP contribution in [0.2, 0.25) is 5.02 Å². The lowest BCUT2D eigenvalue weighted by Gasteiger charge is -2.40. The van der Waals surface area contributed by atoms with Crippen LogP contribution in [0.5, 0.6) is 17.2 Å². The molecule has 1 spiro atoms. The topological polar surface area (TPSA) is 101 Å². The summed E-state index contributed by atoms with van der Waals surface area (Å²) in [4.78, 5) is 25.8. The van der Waals surface area contributed by atoms with Crippen LogP contribution in [0.25, 0.3) is 0 Å². The highest BCUT2D eigenvalue weighted by molar-refractivity contribution is 6.35. The van der Waals surface area contributed by atoms with Crippen molar-refractivity contribution in [1.82, 2.24) is 0 Å². The molecule has 3 aliphatic rings. The fourth-order valence-corrected chi connectivity index (χ4v) is 6.02. The molecule has 0 bridgehead atoms. The molecule has 1 aliphatic carbocycles. The lowest BCUT2D eigenvalue weighted by molar-refractivity contribution is -0.143. The number of ether oxygens (including phenoxy) is 5. The largest absolute Gasteiger partial charge is 0.496 e. The van der Waals surface area contributed by atoms with Crippen molar-refractivity contribution in [2.75, 3.05) is 20.8 Å². The van der Waals surface area contributed by atoms with E-state index in [1.807, 2.05) is 37.3 Å². The minimum absolute atomic E-state index is 0.106. The summed E-state index contributed by atoms with van der Waals surface area (Å²) in [5, 5.41) is 11.3. The molecule has 0 amide bonds. The summed E-state index contributed by atoms with van der Waals surface area (Å²) >= 11 is 6.61. The number of hydrogen-bond donors (Lipinski definition) is 1. The van der Waals surface area contributed by atoms with Crippen molar-refractivity contribution in [3.05, 3.63) is 63.9 Å². The van der Waals surface area contributed by atoms with E-state index in [9.17, 15) is 14.7 Å². The zero-order chi connectivity index (χ0) is 26.5. The Bertz CT molecular complexity index is 1290. The summed E-state index contributed by atoms with van der Waals surface area (Å²) in [5.74, 6) is -0.160. The molecule has 0 fully saturated rings. The summed E-state index contributed by atoms with van der Waals surface area (Å²) in [6, 6.07) is 11.1. The van der Waals surface area contributed by atoms with Crippen LogP contribution in [0.4, 0.5) is 0 Å². The molecular weight excluding hydrogens is 500 g/mol. The highest BCUT2D eigenvalue weighted by Crippen LogP contribution is 2.60. The third kappa shape index (κ3) is 3.77. The van der Waals surface area contributed by atoms with Crippen molar-refractivity contribution in [2.24, 2.45) is 5.92 Å². The maximum atomic E-state index is 14.2. The van der Waals surface area contributed by atoms with Crippen LogP contribution in [0.1, 0.15) is 49.0 Å². The Kier molecular flexibility index (Phi) is 6.36. The average molecular weight is 529 g/mol. The van der Waals surface area contributed by atoms with E-state index in [4.69, 9.17) is 35.3 Å². The number of benzene rings is 2. The number of halogens is 1. The van der Waals surface area contributed by atoms with Crippen molar-refractivity contribution in [3.63, 3.8) is 0 Å². The number of fused-ring (bicyclic) bond motifs is 2. The number of ketones is 1. The number of methoxy groups -OCH3 is 2. The summed E-state index contributed by atoms with van der Waals surface area (Å²) in [6.45, 7) is 3.30. The molecule has 0 saturated heterocycles. The number of carbonyl (C=O) groups excluding carboxylic acids is 2. The number of esters is 1. The highest BCUT2D eigenvalue weighted by atomic mass is 35.5. The van der Waals surface area contributed by atoms with Gasteiger partial charge in [-0.3, -0.25) is 9.59 Å². The molecule has 2 aromatic rings. The van der Waals surface area contributed by atoms with Gasteiger partial charge in [-0.2, -0.15) is 0 Å². The van der Waals surface area contributed by atoms with Gasteiger partial charge in [-0.25, -0.2) is 0 Å². The number of aliphatic hydroxyl groups is 1. The lowest BCUT2D eigenvalue weighted by atomic mass is 9.71. The number of Topliss-reactive ketones (excluding diaryl/α,β-unsaturated/α-hetero) is 1. The number of hydrogen-bond acceptors (Lipinski definition) is 8. The van der Waals surface area contributed by atoms with Crippen LogP contribution in [0.15, 0.2) is 47.7 Å². The molecule has 37 heavy (non-hydrogen) atoms. The van der Waals surface area contributed by atoms with Gasteiger partial charge in [0.05, 0.1) is 26.9 Å². The third-order valence-corrected chi connectivity index (χ3v) is 7.96. The molecule has 4 atom stereocenters. The van der Waals surface area contributed by atoms with Crippen molar-refractivity contribution in [3.8, 4) is 17.2 Å². The molecule has 2 aliphatic heterocycles. The minimum Gasteiger partial charge on any atom is -0.496 e. The zero-order valence-electron chi connectivity index (χ0n) is 21.1. The van der Waals surface area contributed by atoms with Crippen LogP contribution >= 0.6 is 11.6 Å². The first kappa shape index (κ1) is 25.4. The van der Waals surface area contributed by atoms with Crippen LogP contribution in [-0.4, -0.2) is 49.4 Å². The Morgan fingerprint density at radius 2 is 1.86 bits per heavy atom. The Labute approximate surface area is 220 Å². The number of rotatable bonds is 6. The van der Waals surface area contributed by atoms with Crippen molar-refractivity contribution in [2.45, 2.75) is 50.4 Å². The summed E-state index contributed by atoms with van der Waals surface area (Å²) < 4.78 is 29.4. The predicted molar refractivity (Wildman–Crippen MR) is 134 cm³/mol. The molecular formula is C28H29ClO8. The van der Waals surface area contributed by atoms with Gasteiger partial charge in [0.25, 0.3) is 0 Å². The first-order chi connectivity index (χ1) is 17.7. The smallest absolute Gasteiger partial charge is 0.302 e. The van der Waals surface area contributed by atoms with E-state index in [2.05, 4.69) is 0 Å². The van der Waals surface area contributed by atoms with Gasteiger partial charge in [-0.15, -0.1) is 0 Å². The van der Waals surface area contributed by atoms with E-state index in [0.29, 0.717) is 24.2 Å². The lowest BCUT2D eigenvalue weighted by Crippen LogP contribution is -2.53. The van der Waals surface area contributed by atoms with Crippen LogP contribution in [0, 0.1) is 5.92 Å². The van der Waals surface area contributed by atoms with E-state index in [1.54, 1.807) is 6.07 Å². The van der Waals surface area contributed by atoms with E-state index in [0.717, 1.165) is 5.56 Å². The molecule has 0 aromatic heterocycles. The monoisotopic (exact) mass is 528 g/mol. The molecule has 0 radical (unpaired) electrons. The Balaban J connectivity index is 1.63. The Hall–Kier alpha value is -3.23. The first-order valence-electron chi connectivity index (χ1n) is 12.2. The Morgan fingerprint density at radius 1 is 1.16 bits per heavy atom. The van der Waals surface area contributed by atoms with Crippen molar-refractivity contribution < 1.29 is 38.4 Å². The second-order valence-electron chi connectivity index (χ2n) is 9.70.